The van der Waals surface area contributed by atoms with E-state index in [1.807, 2.05) is 0 Å². The molecule has 1 N–H and O–H groups in total. The number of carbonyl (C=O) groups excluding carboxylic acids is 1. The molecule has 1 heterocycles. The first-order valence-corrected chi connectivity index (χ1v) is 8.01. The molecule has 3 rings (SSSR count). The Morgan fingerprint density at radius 2 is 1.79 bits per heavy atom. The highest BCUT2D eigenvalue weighted by Crippen LogP contribution is 2.45. The largest absolute Gasteiger partial charge is 0.346 e. The van der Waals surface area contributed by atoms with Gasteiger partial charge in [-0.1, -0.05) is 12.1 Å². The van der Waals surface area contributed by atoms with Crippen LogP contribution in [0.3, 0.4) is 0 Å². The average molecular weight is 283 g/mol. The van der Waals surface area contributed by atoms with Crippen molar-refractivity contribution in [2.75, 3.05) is 11.5 Å². The molecule has 0 bridgehead atoms. The lowest BCUT2D eigenvalue weighted by Crippen LogP contribution is -2.49. The first kappa shape index (κ1) is 12.6. The van der Waals surface area contributed by atoms with E-state index in [2.05, 4.69) is 5.32 Å². The van der Waals surface area contributed by atoms with E-state index in [1.165, 1.54) is 12.1 Å². The van der Waals surface area contributed by atoms with E-state index in [0.29, 0.717) is 0 Å². The number of halogens is 1. The molecule has 0 unspecified atom stereocenters. The minimum atomic E-state index is -2.99. The summed E-state index contributed by atoms with van der Waals surface area (Å²) in [5, 5.41) is 2.92. The molecule has 1 saturated carbocycles. The molecule has 2 fully saturated rings. The van der Waals surface area contributed by atoms with Crippen LogP contribution >= 0.6 is 0 Å². The lowest BCUT2D eigenvalue weighted by atomic mass is 10.0. The molecule has 1 saturated heterocycles. The Labute approximate surface area is 110 Å². The molecule has 1 amide bonds. The van der Waals surface area contributed by atoms with Gasteiger partial charge in [-0.15, -0.1) is 0 Å². The van der Waals surface area contributed by atoms with Crippen LogP contribution < -0.4 is 5.32 Å². The molecule has 1 aliphatic heterocycles. The van der Waals surface area contributed by atoms with Gasteiger partial charge in [-0.3, -0.25) is 4.79 Å². The number of carbonyl (C=O) groups is 1. The van der Waals surface area contributed by atoms with E-state index in [9.17, 15) is 17.6 Å². The second kappa shape index (κ2) is 4.03. The topological polar surface area (TPSA) is 63.2 Å². The molecule has 6 heteroatoms. The van der Waals surface area contributed by atoms with Gasteiger partial charge in [0, 0.05) is 0 Å². The smallest absolute Gasteiger partial charge is 0.225 e. The highest BCUT2D eigenvalue weighted by atomic mass is 32.2. The van der Waals surface area contributed by atoms with Crippen molar-refractivity contribution in [2.24, 2.45) is 5.92 Å². The van der Waals surface area contributed by atoms with Crippen molar-refractivity contribution in [1.82, 2.24) is 5.32 Å². The Kier molecular flexibility index (Phi) is 2.67. The Morgan fingerprint density at radius 3 is 2.26 bits per heavy atom. The van der Waals surface area contributed by atoms with E-state index in [-0.39, 0.29) is 23.2 Å². The fraction of sp³-hybridized carbons (Fsp3) is 0.462. The van der Waals surface area contributed by atoms with Gasteiger partial charge in [0.05, 0.1) is 23.0 Å². The Bertz CT molecular complexity index is 608. The van der Waals surface area contributed by atoms with Gasteiger partial charge in [0.25, 0.3) is 0 Å². The summed E-state index contributed by atoms with van der Waals surface area (Å²) in [5.74, 6) is -1.06. The van der Waals surface area contributed by atoms with Crippen molar-refractivity contribution in [3.05, 3.63) is 35.6 Å². The molecule has 19 heavy (non-hydrogen) atoms. The summed E-state index contributed by atoms with van der Waals surface area (Å²) in [6, 6.07) is 6.07. The number of rotatable bonds is 3. The summed E-state index contributed by atoms with van der Waals surface area (Å²) >= 11 is 0. The zero-order chi connectivity index (χ0) is 13.7. The van der Waals surface area contributed by atoms with Gasteiger partial charge >= 0.3 is 0 Å². The molecule has 1 aromatic rings. The van der Waals surface area contributed by atoms with Gasteiger partial charge in [-0.2, -0.15) is 0 Å². The highest BCUT2D eigenvalue weighted by molar-refractivity contribution is 7.92. The van der Waals surface area contributed by atoms with Gasteiger partial charge in [0.2, 0.25) is 5.91 Å². The molecule has 1 aromatic carbocycles. The standard InChI is InChI=1S/C13H14FNO3S/c14-11-3-1-10(2-4-11)13(5-6-13)15-12(16)9-7-19(17,18)8-9/h1-4,9H,5-8H2,(H,15,16). The molecule has 1 aliphatic carbocycles. The van der Waals surface area contributed by atoms with Crippen LogP contribution in [0, 0.1) is 11.7 Å². The third-order valence-corrected chi connectivity index (χ3v) is 5.61. The van der Waals surface area contributed by atoms with Crippen molar-refractivity contribution in [2.45, 2.75) is 18.4 Å². The van der Waals surface area contributed by atoms with E-state index >= 15 is 0 Å². The fourth-order valence-electron chi connectivity index (χ4n) is 2.43. The van der Waals surface area contributed by atoms with Crippen LogP contribution in [0.1, 0.15) is 18.4 Å². The Balaban J connectivity index is 1.69. The first-order chi connectivity index (χ1) is 8.90. The quantitative estimate of drug-likeness (QED) is 0.899. The number of nitrogens with one attached hydrogen (secondary N) is 1. The van der Waals surface area contributed by atoms with Gasteiger partial charge in [-0.25, -0.2) is 12.8 Å². The zero-order valence-corrected chi connectivity index (χ0v) is 11.0. The summed E-state index contributed by atoms with van der Waals surface area (Å²) < 4.78 is 35.0. The normalized spacial score (nSPS) is 23.4. The van der Waals surface area contributed by atoms with Gasteiger partial charge in [-0.05, 0) is 30.5 Å². The third-order valence-electron chi connectivity index (χ3n) is 3.79. The summed E-state index contributed by atoms with van der Waals surface area (Å²) in [4.78, 5) is 12.0. The molecule has 102 valence electrons. The number of sulfone groups is 1. The Morgan fingerprint density at radius 1 is 1.21 bits per heavy atom. The van der Waals surface area contributed by atoms with Gasteiger partial charge < -0.3 is 5.32 Å². The summed E-state index contributed by atoms with van der Waals surface area (Å²) in [6.07, 6.45) is 1.62. The van der Waals surface area contributed by atoms with Crippen molar-refractivity contribution in [3.63, 3.8) is 0 Å². The maximum Gasteiger partial charge on any atom is 0.225 e. The molecule has 0 spiro atoms. The predicted molar refractivity (Wildman–Crippen MR) is 67.6 cm³/mol. The molecule has 0 radical (unpaired) electrons. The zero-order valence-electron chi connectivity index (χ0n) is 10.2. The SMILES string of the molecule is O=C(NC1(c2ccc(F)cc2)CC1)C1CS(=O)(=O)C1. The van der Waals surface area contributed by atoms with Crippen molar-refractivity contribution in [1.29, 1.82) is 0 Å². The van der Waals surface area contributed by atoms with Crippen LogP contribution in [-0.4, -0.2) is 25.8 Å². The summed E-state index contributed by atoms with van der Waals surface area (Å²) in [6.45, 7) is 0. The lowest BCUT2D eigenvalue weighted by Gasteiger charge is -2.27. The second-order valence-electron chi connectivity index (χ2n) is 5.35. The van der Waals surface area contributed by atoms with E-state index in [0.717, 1.165) is 18.4 Å². The number of amides is 1. The van der Waals surface area contributed by atoms with E-state index in [4.69, 9.17) is 0 Å². The second-order valence-corrected chi connectivity index (χ2v) is 7.51. The minimum Gasteiger partial charge on any atom is -0.346 e. The van der Waals surface area contributed by atoms with Gasteiger partial charge in [0.15, 0.2) is 9.84 Å². The third kappa shape index (κ3) is 2.36. The number of benzene rings is 1. The van der Waals surface area contributed by atoms with Crippen LogP contribution in [0.25, 0.3) is 0 Å². The van der Waals surface area contributed by atoms with E-state index < -0.39 is 21.3 Å². The maximum absolute atomic E-state index is 12.9. The minimum absolute atomic E-state index is 0.0572. The van der Waals surface area contributed by atoms with Gasteiger partial charge in [0.1, 0.15) is 5.82 Å². The predicted octanol–water partition coefficient (Wildman–Crippen LogP) is 0.976. The molecule has 2 aliphatic rings. The average Bonchev–Trinajstić information content (AvgIpc) is 3.07. The fourth-order valence-corrected chi connectivity index (χ4v) is 3.86. The van der Waals surface area contributed by atoms with Crippen LogP contribution in [0.5, 0.6) is 0 Å². The molecular weight excluding hydrogens is 269 g/mol. The molecule has 0 atom stereocenters. The lowest BCUT2D eigenvalue weighted by molar-refractivity contribution is -0.125. The van der Waals surface area contributed by atoms with Crippen LogP contribution in [0.2, 0.25) is 0 Å². The van der Waals surface area contributed by atoms with Crippen LogP contribution in [0.4, 0.5) is 4.39 Å². The van der Waals surface area contributed by atoms with Crippen molar-refractivity contribution in [3.8, 4) is 0 Å². The number of hydrogen-bond acceptors (Lipinski definition) is 3. The molecule has 0 aromatic heterocycles. The summed E-state index contributed by atoms with van der Waals surface area (Å²) in [7, 11) is -2.99. The number of hydrogen-bond donors (Lipinski definition) is 1. The highest BCUT2D eigenvalue weighted by Gasteiger charge is 2.48. The van der Waals surface area contributed by atoms with Crippen molar-refractivity contribution >= 4 is 15.7 Å². The maximum atomic E-state index is 12.9. The first-order valence-electron chi connectivity index (χ1n) is 6.19. The monoisotopic (exact) mass is 283 g/mol. The Hall–Kier alpha value is -1.43. The van der Waals surface area contributed by atoms with Crippen molar-refractivity contribution < 1.29 is 17.6 Å². The van der Waals surface area contributed by atoms with Crippen LogP contribution in [-0.2, 0) is 20.2 Å². The van der Waals surface area contributed by atoms with E-state index in [1.54, 1.807) is 12.1 Å². The summed E-state index contributed by atoms with van der Waals surface area (Å²) in [5.41, 5.74) is 0.467. The van der Waals surface area contributed by atoms with Crippen LogP contribution in [0.15, 0.2) is 24.3 Å². The molecular formula is C13H14FNO3S. The molecule has 4 nitrogen and oxygen atoms in total.